The fourth-order valence-corrected chi connectivity index (χ4v) is 1.93. The molecule has 3 N–H and O–H groups in total. The van der Waals surface area contributed by atoms with E-state index in [2.05, 4.69) is 5.32 Å². The molecule has 0 aromatic heterocycles. The van der Waals surface area contributed by atoms with Crippen LogP contribution in [-0.2, 0) is 0 Å². The number of ether oxygens (including phenoxy) is 1. The predicted octanol–water partition coefficient (Wildman–Crippen LogP) is 4.47. The second-order valence-electron chi connectivity index (χ2n) is 3.83. The zero-order valence-corrected chi connectivity index (χ0v) is 11.5. The first kappa shape index (κ1) is 13.8. The average Bonchev–Trinajstić information content (AvgIpc) is 2.38. The molecule has 0 saturated heterocycles. The first-order valence-corrected chi connectivity index (χ1v) is 6.12. The summed E-state index contributed by atoms with van der Waals surface area (Å²) in [6, 6.07) is 7.68. The van der Waals surface area contributed by atoms with Gasteiger partial charge in [-0.3, -0.25) is 0 Å². The summed E-state index contributed by atoms with van der Waals surface area (Å²) in [5, 5.41) is 3.45. The highest BCUT2D eigenvalue weighted by Gasteiger charge is 2.08. The molecule has 0 radical (unpaired) electrons. The van der Waals surface area contributed by atoms with Gasteiger partial charge in [0.15, 0.2) is 0 Å². The maximum absolute atomic E-state index is 13.4. The summed E-state index contributed by atoms with van der Waals surface area (Å²) >= 11 is 11.6. The van der Waals surface area contributed by atoms with Gasteiger partial charge in [0.2, 0.25) is 0 Å². The molecule has 3 nitrogen and oxygen atoms in total. The number of anilines is 3. The van der Waals surface area contributed by atoms with E-state index in [9.17, 15) is 4.39 Å². The van der Waals surface area contributed by atoms with E-state index in [0.717, 1.165) is 0 Å². The minimum atomic E-state index is -0.542. The van der Waals surface area contributed by atoms with Crippen LogP contribution < -0.4 is 15.8 Å². The molecule has 0 spiro atoms. The van der Waals surface area contributed by atoms with E-state index in [1.54, 1.807) is 18.2 Å². The molecule has 0 aliphatic heterocycles. The second kappa shape index (κ2) is 5.55. The van der Waals surface area contributed by atoms with Crippen LogP contribution in [0.5, 0.6) is 5.75 Å². The third-order valence-corrected chi connectivity index (χ3v) is 3.12. The van der Waals surface area contributed by atoms with Gasteiger partial charge in [0.1, 0.15) is 11.6 Å². The van der Waals surface area contributed by atoms with Gasteiger partial charge in [-0.1, -0.05) is 23.2 Å². The third kappa shape index (κ3) is 3.03. The van der Waals surface area contributed by atoms with Crippen LogP contribution in [0.1, 0.15) is 0 Å². The van der Waals surface area contributed by atoms with Gasteiger partial charge in [-0.15, -0.1) is 0 Å². The topological polar surface area (TPSA) is 47.3 Å². The lowest BCUT2D eigenvalue weighted by molar-refractivity contribution is 0.415. The number of benzene rings is 2. The Morgan fingerprint density at radius 2 is 1.89 bits per heavy atom. The average molecular weight is 301 g/mol. The Balaban J connectivity index is 2.33. The van der Waals surface area contributed by atoms with Crippen LogP contribution in [0.4, 0.5) is 21.5 Å². The van der Waals surface area contributed by atoms with Crippen molar-refractivity contribution >= 4 is 40.3 Å². The number of nitrogens with one attached hydrogen (secondary N) is 1. The number of halogens is 3. The first-order valence-electron chi connectivity index (χ1n) is 5.36. The van der Waals surface area contributed by atoms with Gasteiger partial charge in [0.25, 0.3) is 0 Å². The van der Waals surface area contributed by atoms with Gasteiger partial charge in [0, 0.05) is 17.8 Å². The molecule has 0 unspecified atom stereocenters. The van der Waals surface area contributed by atoms with Gasteiger partial charge < -0.3 is 15.8 Å². The van der Waals surface area contributed by atoms with E-state index in [4.69, 9.17) is 33.7 Å². The highest BCUT2D eigenvalue weighted by Crippen LogP contribution is 2.32. The molecule has 0 aliphatic carbocycles. The molecular weight excluding hydrogens is 290 g/mol. The molecule has 2 aromatic carbocycles. The fraction of sp³-hybridized carbons (Fsp3) is 0.0769. The molecule has 0 atom stereocenters. The van der Waals surface area contributed by atoms with Crippen LogP contribution in [0.2, 0.25) is 10.0 Å². The third-order valence-electron chi connectivity index (χ3n) is 2.52. The normalized spacial score (nSPS) is 10.3. The summed E-state index contributed by atoms with van der Waals surface area (Å²) in [6.45, 7) is 0. The van der Waals surface area contributed by atoms with Crippen LogP contribution in [0.15, 0.2) is 30.3 Å². The Morgan fingerprint density at radius 3 is 2.58 bits per heavy atom. The van der Waals surface area contributed by atoms with Crippen molar-refractivity contribution in [1.82, 2.24) is 0 Å². The quantitative estimate of drug-likeness (QED) is 0.822. The standard InChI is InChI=1S/C13H11Cl2FN2O/c1-19-13-4-7(2-3-8(13)14)18-12-6-10(16)9(15)5-11(12)17/h2-6,18H,17H2,1H3. The second-order valence-corrected chi connectivity index (χ2v) is 4.64. The Morgan fingerprint density at radius 1 is 1.16 bits per heavy atom. The van der Waals surface area contributed by atoms with E-state index in [1.165, 1.54) is 19.2 Å². The van der Waals surface area contributed by atoms with Crippen molar-refractivity contribution in [2.45, 2.75) is 0 Å². The zero-order valence-electron chi connectivity index (χ0n) is 10.0. The smallest absolute Gasteiger partial charge is 0.144 e. The van der Waals surface area contributed by atoms with E-state index in [1.807, 2.05) is 0 Å². The van der Waals surface area contributed by atoms with Crippen LogP contribution in [0.25, 0.3) is 0 Å². The zero-order chi connectivity index (χ0) is 14.0. The maximum Gasteiger partial charge on any atom is 0.144 e. The van der Waals surface area contributed by atoms with Crippen molar-refractivity contribution < 1.29 is 9.13 Å². The number of nitrogen functional groups attached to an aromatic ring is 1. The molecule has 0 saturated carbocycles. The number of nitrogens with two attached hydrogens (primary N) is 1. The number of hydrogen-bond acceptors (Lipinski definition) is 3. The molecule has 100 valence electrons. The predicted molar refractivity (Wildman–Crippen MR) is 77.1 cm³/mol. The minimum Gasteiger partial charge on any atom is -0.495 e. The Hall–Kier alpha value is -1.65. The minimum absolute atomic E-state index is 0.0169. The van der Waals surface area contributed by atoms with E-state index < -0.39 is 5.82 Å². The summed E-state index contributed by atoms with van der Waals surface area (Å²) in [6.07, 6.45) is 0. The number of hydrogen-bond donors (Lipinski definition) is 2. The molecule has 0 heterocycles. The first-order chi connectivity index (χ1) is 9.01. The van der Waals surface area contributed by atoms with Crippen LogP contribution in [0.3, 0.4) is 0 Å². The van der Waals surface area contributed by atoms with Crippen molar-refractivity contribution in [2.75, 3.05) is 18.2 Å². The van der Waals surface area contributed by atoms with Gasteiger partial charge in [-0.2, -0.15) is 0 Å². The SMILES string of the molecule is COc1cc(Nc2cc(F)c(Cl)cc2N)ccc1Cl. The van der Waals surface area contributed by atoms with Crippen LogP contribution in [-0.4, -0.2) is 7.11 Å². The number of methoxy groups -OCH3 is 1. The van der Waals surface area contributed by atoms with Crippen LogP contribution in [0, 0.1) is 5.82 Å². The molecule has 0 bridgehead atoms. The lowest BCUT2D eigenvalue weighted by Gasteiger charge is -2.12. The van der Waals surface area contributed by atoms with Gasteiger partial charge in [-0.05, 0) is 18.2 Å². The highest BCUT2D eigenvalue weighted by molar-refractivity contribution is 6.32. The molecule has 19 heavy (non-hydrogen) atoms. The summed E-state index contributed by atoms with van der Waals surface area (Å²) in [4.78, 5) is 0. The van der Waals surface area contributed by atoms with Crippen molar-refractivity contribution in [3.05, 3.63) is 46.2 Å². The Bertz CT molecular complexity index is 620. The van der Waals surface area contributed by atoms with Crippen molar-refractivity contribution in [3.8, 4) is 5.75 Å². The molecule has 2 rings (SSSR count). The largest absolute Gasteiger partial charge is 0.495 e. The van der Waals surface area contributed by atoms with Gasteiger partial charge in [0.05, 0.1) is 28.5 Å². The van der Waals surface area contributed by atoms with Gasteiger partial charge in [-0.25, -0.2) is 4.39 Å². The van der Waals surface area contributed by atoms with Crippen LogP contribution >= 0.6 is 23.2 Å². The molecule has 0 aliphatic rings. The van der Waals surface area contributed by atoms with E-state index in [0.29, 0.717) is 27.8 Å². The molecule has 0 amide bonds. The Labute approximate surface area is 120 Å². The molecule has 2 aromatic rings. The molecule has 0 fully saturated rings. The summed E-state index contributed by atoms with van der Waals surface area (Å²) in [5.74, 6) is -0.0287. The Kier molecular flexibility index (Phi) is 4.02. The van der Waals surface area contributed by atoms with E-state index in [-0.39, 0.29) is 5.02 Å². The van der Waals surface area contributed by atoms with Gasteiger partial charge >= 0.3 is 0 Å². The monoisotopic (exact) mass is 300 g/mol. The highest BCUT2D eigenvalue weighted by atomic mass is 35.5. The maximum atomic E-state index is 13.4. The fourth-order valence-electron chi connectivity index (χ4n) is 1.56. The summed E-state index contributed by atoms with van der Waals surface area (Å²) in [5.41, 5.74) is 7.21. The summed E-state index contributed by atoms with van der Waals surface area (Å²) in [7, 11) is 1.52. The van der Waals surface area contributed by atoms with E-state index >= 15 is 0 Å². The van der Waals surface area contributed by atoms with Crippen molar-refractivity contribution in [2.24, 2.45) is 0 Å². The summed E-state index contributed by atoms with van der Waals surface area (Å²) < 4.78 is 18.5. The number of rotatable bonds is 3. The van der Waals surface area contributed by atoms with Crippen molar-refractivity contribution in [1.29, 1.82) is 0 Å². The van der Waals surface area contributed by atoms with Crippen molar-refractivity contribution in [3.63, 3.8) is 0 Å². The lowest BCUT2D eigenvalue weighted by atomic mass is 10.2. The molecule has 6 heteroatoms. The lowest BCUT2D eigenvalue weighted by Crippen LogP contribution is -1.98. The molecular formula is C13H11Cl2FN2O.